The van der Waals surface area contributed by atoms with E-state index in [-0.39, 0.29) is 10.2 Å². The SMILES string of the molecule is COCCOc1ccc2c(c1)S(=O)(=O)N=C(Cl)N2. The minimum atomic E-state index is -3.76. The Morgan fingerprint density at radius 1 is 1.39 bits per heavy atom. The van der Waals surface area contributed by atoms with Crippen molar-refractivity contribution >= 4 is 32.6 Å². The molecule has 0 fully saturated rings. The van der Waals surface area contributed by atoms with Crippen LogP contribution in [0.4, 0.5) is 5.69 Å². The summed E-state index contributed by atoms with van der Waals surface area (Å²) in [4.78, 5) is 0.0433. The molecule has 1 aromatic rings. The van der Waals surface area contributed by atoms with Crippen molar-refractivity contribution in [2.75, 3.05) is 25.6 Å². The van der Waals surface area contributed by atoms with E-state index >= 15 is 0 Å². The van der Waals surface area contributed by atoms with Gasteiger partial charge in [0.2, 0.25) is 5.29 Å². The third-order valence-corrected chi connectivity index (χ3v) is 3.82. The highest BCUT2D eigenvalue weighted by Crippen LogP contribution is 2.31. The van der Waals surface area contributed by atoms with Gasteiger partial charge >= 0.3 is 0 Å². The second kappa shape index (κ2) is 5.13. The number of fused-ring (bicyclic) bond motifs is 1. The summed E-state index contributed by atoms with van der Waals surface area (Å²) in [5, 5.41) is 2.50. The fraction of sp³-hybridized carbons (Fsp3) is 0.300. The number of benzene rings is 1. The van der Waals surface area contributed by atoms with Crippen molar-refractivity contribution in [3.05, 3.63) is 18.2 Å². The van der Waals surface area contributed by atoms with Gasteiger partial charge in [0, 0.05) is 13.2 Å². The van der Waals surface area contributed by atoms with Crippen LogP contribution in [-0.4, -0.2) is 34.0 Å². The van der Waals surface area contributed by atoms with E-state index in [1.807, 2.05) is 0 Å². The zero-order chi connectivity index (χ0) is 13.2. The summed E-state index contributed by atoms with van der Waals surface area (Å²) in [5.74, 6) is 0.435. The number of nitrogens with zero attached hydrogens (tertiary/aromatic N) is 1. The summed E-state index contributed by atoms with van der Waals surface area (Å²) in [6.07, 6.45) is 0. The lowest BCUT2D eigenvalue weighted by molar-refractivity contribution is 0.146. The molecule has 0 aliphatic carbocycles. The fourth-order valence-corrected chi connectivity index (χ4v) is 2.83. The van der Waals surface area contributed by atoms with E-state index in [4.69, 9.17) is 21.1 Å². The number of anilines is 1. The Morgan fingerprint density at radius 3 is 2.89 bits per heavy atom. The summed E-state index contributed by atoms with van der Waals surface area (Å²) in [7, 11) is -2.21. The second-order valence-electron chi connectivity index (χ2n) is 3.48. The first-order chi connectivity index (χ1) is 8.53. The number of nitrogens with one attached hydrogen (secondary N) is 1. The minimum absolute atomic E-state index is 0.0433. The molecule has 6 nitrogen and oxygen atoms in total. The highest BCUT2D eigenvalue weighted by atomic mass is 35.5. The Balaban J connectivity index is 2.29. The lowest BCUT2D eigenvalue weighted by Crippen LogP contribution is -2.17. The van der Waals surface area contributed by atoms with Crippen molar-refractivity contribution in [3.8, 4) is 5.75 Å². The van der Waals surface area contributed by atoms with Crippen molar-refractivity contribution < 1.29 is 17.9 Å². The number of sulfonamides is 1. The van der Waals surface area contributed by atoms with Crippen LogP contribution in [0.1, 0.15) is 0 Å². The molecule has 0 saturated carbocycles. The Labute approximate surface area is 110 Å². The van der Waals surface area contributed by atoms with E-state index in [0.29, 0.717) is 24.7 Å². The fourth-order valence-electron chi connectivity index (χ4n) is 1.44. The number of methoxy groups -OCH3 is 1. The third kappa shape index (κ3) is 2.74. The van der Waals surface area contributed by atoms with Crippen LogP contribution in [0.15, 0.2) is 27.5 Å². The maximum atomic E-state index is 11.8. The van der Waals surface area contributed by atoms with E-state index in [2.05, 4.69) is 9.71 Å². The first kappa shape index (κ1) is 13.1. The lowest BCUT2D eigenvalue weighted by atomic mass is 10.3. The largest absolute Gasteiger partial charge is 0.491 e. The van der Waals surface area contributed by atoms with Crippen LogP contribution in [0.3, 0.4) is 0 Å². The molecule has 0 bridgehead atoms. The van der Waals surface area contributed by atoms with Gasteiger partial charge in [0.1, 0.15) is 17.3 Å². The van der Waals surface area contributed by atoms with Gasteiger partial charge < -0.3 is 14.8 Å². The molecule has 0 spiro atoms. The van der Waals surface area contributed by atoms with E-state index < -0.39 is 10.0 Å². The lowest BCUT2D eigenvalue weighted by Gasteiger charge is -2.15. The van der Waals surface area contributed by atoms with Gasteiger partial charge in [0.25, 0.3) is 10.0 Å². The Morgan fingerprint density at radius 2 is 2.17 bits per heavy atom. The topological polar surface area (TPSA) is 77.0 Å². The maximum absolute atomic E-state index is 11.8. The quantitative estimate of drug-likeness (QED) is 0.670. The number of hydrogen-bond acceptors (Lipinski definition) is 5. The zero-order valence-electron chi connectivity index (χ0n) is 9.51. The summed E-state index contributed by atoms with van der Waals surface area (Å²) < 4.78 is 37.1. The summed E-state index contributed by atoms with van der Waals surface area (Å²) >= 11 is 5.58. The van der Waals surface area contributed by atoms with Crippen LogP contribution < -0.4 is 10.1 Å². The monoisotopic (exact) mass is 290 g/mol. The minimum Gasteiger partial charge on any atom is -0.491 e. The van der Waals surface area contributed by atoms with Gasteiger partial charge in [-0.1, -0.05) is 0 Å². The number of ether oxygens (including phenoxy) is 2. The summed E-state index contributed by atoms with van der Waals surface area (Å²) in [6, 6.07) is 4.62. The Hall–Kier alpha value is -1.31. The number of rotatable bonds is 4. The molecule has 98 valence electrons. The molecular weight excluding hydrogens is 280 g/mol. The molecular formula is C10H11ClN2O4S. The predicted octanol–water partition coefficient (Wildman–Crippen LogP) is 1.42. The van der Waals surface area contributed by atoms with Crippen LogP contribution in [0.2, 0.25) is 0 Å². The van der Waals surface area contributed by atoms with E-state index in [1.165, 1.54) is 6.07 Å². The predicted molar refractivity (Wildman–Crippen MR) is 67.9 cm³/mol. The smallest absolute Gasteiger partial charge is 0.287 e. The number of amidine groups is 1. The molecule has 0 unspecified atom stereocenters. The third-order valence-electron chi connectivity index (χ3n) is 2.23. The van der Waals surface area contributed by atoms with Crippen LogP contribution >= 0.6 is 11.6 Å². The number of halogens is 1. The normalized spacial score (nSPS) is 16.4. The van der Waals surface area contributed by atoms with Crippen LogP contribution in [0.5, 0.6) is 5.75 Å². The average Bonchev–Trinajstić information content (AvgIpc) is 2.29. The highest BCUT2D eigenvalue weighted by Gasteiger charge is 2.24. The molecule has 0 atom stereocenters. The van der Waals surface area contributed by atoms with E-state index in [9.17, 15) is 8.42 Å². The number of hydrogen-bond donors (Lipinski definition) is 1. The van der Waals surface area contributed by atoms with Gasteiger partial charge in [-0.05, 0) is 23.7 Å². The van der Waals surface area contributed by atoms with Gasteiger partial charge in [-0.3, -0.25) is 0 Å². The molecule has 1 aromatic carbocycles. The molecule has 0 saturated heterocycles. The molecule has 0 amide bonds. The molecule has 18 heavy (non-hydrogen) atoms. The van der Waals surface area contributed by atoms with Crippen molar-refractivity contribution in [2.45, 2.75) is 4.90 Å². The summed E-state index contributed by atoms with van der Waals surface area (Å²) in [5.41, 5.74) is 0.383. The zero-order valence-corrected chi connectivity index (χ0v) is 11.1. The van der Waals surface area contributed by atoms with Gasteiger partial charge in [0.15, 0.2) is 0 Å². The molecule has 1 aliphatic rings. The van der Waals surface area contributed by atoms with Crippen LogP contribution in [-0.2, 0) is 14.8 Å². The van der Waals surface area contributed by atoms with Crippen molar-refractivity contribution in [2.24, 2.45) is 4.40 Å². The Bertz CT molecular complexity index is 586. The van der Waals surface area contributed by atoms with E-state index in [1.54, 1.807) is 19.2 Å². The molecule has 1 N–H and O–H groups in total. The highest BCUT2D eigenvalue weighted by molar-refractivity contribution is 7.90. The van der Waals surface area contributed by atoms with Crippen molar-refractivity contribution in [3.63, 3.8) is 0 Å². The maximum Gasteiger partial charge on any atom is 0.287 e. The summed E-state index contributed by atoms with van der Waals surface area (Å²) in [6.45, 7) is 0.763. The van der Waals surface area contributed by atoms with Crippen molar-refractivity contribution in [1.29, 1.82) is 0 Å². The first-order valence-corrected chi connectivity index (χ1v) is 6.88. The standard InChI is InChI=1S/C10H11ClN2O4S/c1-16-4-5-17-7-2-3-8-9(6-7)18(14,15)13-10(11)12-8/h2-3,6H,4-5H2,1H3,(H,12,13). The molecule has 1 aliphatic heterocycles. The van der Waals surface area contributed by atoms with E-state index in [0.717, 1.165) is 0 Å². The molecule has 0 radical (unpaired) electrons. The van der Waals surface area contributed by atoms with Crippen molar-refractivity contribution in [1.82, 2.24) is 0 Å². The Kier molecular flexibility index (Phi) is 3.74. The van der Waals surface area contributed by atoms with Gasteiger partial charge in [0.05, 0.1) is 12.3 Å². The van der Waals surface area contributed by atoms with Gasteiger partial charge in [-0.25, -0.2) is 0 Å². The molecule has 1 heterocycles. The average molecular weight is 291 g/mol. The van der Waals surface area contributed by atoms with Gasteiger partial charge in [-0.2, -0.15) is 8.42 Å². The van der Waals surface area contributed by atoms with Gasteiger partial charge in [-0.15, -0.1) is 4.40 Å². The first-order valence-electron chi connectivity index (χ1n) is 5.06. The van der Waals surface area contributed by atoms with Crippen LogP contribution in [0.25, 0.3) is 0 Å². The molecule has 2 rings (SSSR count). The van der Waals surface area contributed by atoms with Crippen LogP contribution in [0, 0.1) is 0 Å². The second-order valence-corrected chi connectivity index (χ2v) is 5.41. The molecule has 8 heteroatoms. The molecule has 0 aromatic heterocycles.